The standard InChI is InChI=1S/C16H14N4O3/c21-15-14-11(10-3-1-2-4-12(10)18-14)8-20(15)13(16(22)23)7-9-5-6-17-19-9/h1-6,13,18H,7-8H2,(H,17,19)(H,22,23). The van der Waals surface area contributed by atoms with Crippen molar-refractivity contribution in [1.82, 2.24) is 20.1 Å². The molecule has 7 heteroatoms. The zero-order chi connectivity index (χ0) is 16.0. The Hall–Kier alpha value is -3.09. The van der Waals surface area contributed by atoms with Crippen molar-refractivity contribution in [3.63, 3.8) is 0 Å². The van der Waals surface area contributed by atoms with Gasteiger partial charge in [0.15, 0.2) is 0 Å². The van der Waals surface area contributed by atoms with Gasteiger partial charge in [0.1, 0.15) is 11.7 Å². The molecular weight excluding hydrogens is 296 g/mol. The largest absolute Gasteiger partial charge is 0.480 e. The van der Waals surface area contributed by atoms with Gasteiger partial charge in [-0.05, 0) is 12.1 Å². The lowest BCUT2D eigenvalue weighted by Crippen LogP contribution is -2.43. The van der Waals surface area contributed by atoms with Crippen LogP contribution >= 0.6 is 0 Å². The van der Waals surface area contributed by atoms with Gasteiger partial charge in [0.2, 0.25) is 0 Å². The summed E-state index contributed by atoms with van der Waals surface area (Å²) < 4.78 is 0. The molecule has 1 aliphatic heterocycles. The third-order valence-corrected chi connectivity index (χ3v) is 4.25. The molecule has 1 aromatic carbocycles. The second kappa shape index (κ2) is 4.98. The summed E-state index contributed by atoms with van der Waals surface area (Å²) in [5.41, 5.74) is 2.93. The van der Waals surface area contributed by atoms with Crippen LogP contribution in [-0.4, -0.2) is 43.1 Å². The first kappa shape index (κ1) is 13.6. The Balaban J connectivity index is 1.69. The summed E-state index contributed by atoms with van der Waals surface area (Å²) in [4.78, 5) is 28.8. The lowest BCUT2D eigenvalue weighted by Gasteiger charge is -2.23. The molecule has 116 valence electrons. The normalized spacial score (nSPS) is 15.1. The van der Waals surface area contributed by atoms with E-state index in [0.29, 0.717) is 17.9 Å². The van der Waals surface area contributed by atoms with E-state index in [1.165, 1.54) is 4.90 Å². The predicted octanol–water partition coefficient (Wildman–Crippen LogP) is 1.54. The van der Waals surface area contributed by atoms with Gasteiger partial charge < -0.3 is 15.0 Å². The van der Waals surface area contributed by atoms with Gasteiger partial charge in [0, 0.05) is 41.3 Å². The van der Waals surface area contributed by atoms with Crippen molar-refractivity contribution in [2.24, 2.45) is 0 Å². The van der Waals surface area contributed by atoms with E-state index in [4.69, 9.17) is 0 Å². The smallest absolute Gasteiger partial charge is 0.326 e. The molecule has 0 radical (unpaired) electrons. The highest BCUT2D eigenvalue weighted by atomic mass is 16.4. The molecule has 3 aromatic rings. The van der Waals surface area contributed by atoms with Crippen LogP contribution in [0, 0.1) is 0 Å². The number of H-pyrrole nitrogens is 2. The molecule has 2 aromatic heterocycles. The van der Waals surface area contributed by atoms with Gasteiger partial charge >= 0.3 is 5.97 Å². The highest BCUT2D eigenvalue weighted by Crippen LogP contribution is 2.31. The first-order chi connectivity index (χ1) is 11.1. The summed E-state index contributed by atoms with van der Waals surface area (Å²) >= 11 is 0. The van der Waals surface area contributed by atoms with Crippen LogP contribution in [0.5, 0.6) is 0 Å². The number of aliphatic carboxylic acids is 1. The molecule has 1 amide bonds. The van der Waals surface area contributed by atoms with Gasteiger partial charge in [-0.15, -0.1) is 0 Å². The van der Waals surface area contributed by atoms with Crippen LogP contribution in [0.1, 0.15) is 21.7 Å². The summed E-state index contributed by atoms with van der Waals surface area (Å²) in [5.74, 6) is -1.30. The van der Waals surface area contributed by atoms with Crippen molar-refractivity contribution in [3.05, 3.63) is 53.5 Å². The van der Waals surface area contributed by atoms with E-state index < -0.39 is 12.0 Å². The summed E-state index contributed by atoms with van der Waals surface area (Å²) in [6, 6.07) is 8.43. The van der Waals surface area contributed by atoms with E-state index in [0.717, 1.165) is 16.5 Å². The minimum Gasteiger partial charge on any atom is -0.480 e. The van der Waals surface area contributed by atoms with Gasteiger partial charge in [0.25, 0.3) is 5.91 Å². The van der Waals surface area contributed by atoms with Crippen LogP contribution < -0.4 is 0 Å². The van der Waals surface area contributed by atoms with Crippen LogP contribution in [0.2, 0.25) is 0 Å². The maximum atomic E-state index is 12.6. The van der Waals surface area contributed by atoms with Crippen molar-refractivity contribution in [3.8, 4) is 0 Å². The first-order valence-electron chi connectivity index (χ1n) is 7.27. The predicted molar refractivity (Wildman–Crippen MR) is 81.9 cm³/mol. The molecule has 0 saturated carbocycles. The zero-order valence-electron chi connectivity index (χ0n) is 12.1. The fraction of sp³-hybridized carbons (Fsp3) is 0.188. The van der Waals surface area contributed by atoms with E-state index in [9.17, 15) is 14.7 Å². The molecule has 4 rings (SSSR count). The molecule has 0 saturated heterocycles. The van der Waals surface area contributed by atoms with Crippen molar-refractivity contribution in [1.29, 1.82) is 0 Å². The van der Waals surface area contributed by atoms with Crippen molar-refractivity contribution < 1.29 is 14.7 Å². The van der Waals surface area contributed by atoms with Gasteiger partial charge in [-0.25, -0.2) is 4.79 Å². The maximum Gasteiger partial charge on any atom is 0.326 e. The minimum atomic E-state index is -1.03. The summed E-state index contributed by atoms with van der Waals surface area (Å²) in [6.45, 7) is 0.295. The Labute approximate surface area is 130 Å². The molecule has 3 N–H and O–H groups in total. The average Bonchev–Trinajstić information content (AvgIpc) is 3.23. The number of hydrogen-bond acceptors (Lipinski definition) is 3. The van der Waals surface area contributed by atoms with E-state index >= 15 is 0 Å². The van der Waals surface area contributed by atoms with E-state index in [2.05, 4.69) is 15.2 Å². The monoisotopic (exact) mass is 310 g/mol. The summed E-state index contributed by atoms with van der Waals surface area (Å²) in [7, 11) is 0. The molecule has 1 unspecified atom stereocenters. The third kappa shape index (κ3) is 2.09. The number of para-hydroxylation sites is 1. The zero-order valence-corrected chi connectivity index (χ0v) is 12.1. The Bertz CT molecular complexity index is 897. The number of aromatic amines is 2. The number of hydrogen-bond donors (Lipinski definition) is 3. The van der Waals surface area contributed by atoms with Crippen LogP contribution in [0.25, 0.3) is 10.9 Å². The molecule has 3 heterocycles. The molecule has 7 nitrogen and oxygen atoms in total. The van der Waals surface area contributed by atoms with Gasteiger partial charge in [-0.2, -0.15) is 5.10 Å². The van der Waals surface area contributed by atoms with Crippen molar-refractivity contribution >= 4 is 22.8 Å². The topological polar surface area (TPSA) is 102 Å². The molecule has 0 fully saturated rings. The Kier molecular flexibility index (Phi) is 2.94. The first-order valence-corrected chi connectivity index (χ1v) is 7.27. The molecule has 23 heavy (non-hydrogen) atoms. The second-order valence-electron chi connectivity index (χ2n) is 5.60. The SMILES string of the molecule is O=C(O)C(Cc1ccn[nH]1)N1Cc2c([nH]c3ccccc23)C1=O. The van der Waals surface area contributed by atoms with Crippen molar-refractivity contribution in [2.75, 3.05) is 0 Å². The lowest BCUT2D eigenvalue weighted by atomic mass is 10.1. The van der Waals surface area contributed by atoms with Gasteiger partial charge in [-0.1, -0.05) is 18.2 Å². The molecule has 1 aliphatic rings. The fourth-order valence-electron chi connectivity index (χ4n) is 3.12. The average molecular weight is 310 g/mol. The summed E-state index contributed by atoms with van der Waals surface area (Å²) in [5, 5.41) is 17.1. The highest BCUT2D eigenvalue weighted by molar-refractivity contribution is 6.05. The highest BCUT2D eigenvalue weighted by Gasteiger charge is 2.38. The Morgan fingerprint density at radius 2 is 2.17 bits per heavy atom. The van der Waals surface area contributed by atoms with Crippen LogP contribution in [-0.2, 0) is 17.8 Å². The van der Waals surface area contributed by atoms with Gasteiger partial charge in [0.05, 0.1) is 0 Å². The Morgan fingerprint density at radius 1 is 1.35 bits per heavy atom. The fourth-order valence-corrected chi connectivity index (χ4v) is 3.12. The molecule has 0 bridgehead atoms. The number of nitrogens with one attached hydrogen (secondary N) is 2. The van der Waals surface area contributed by atoms with Crippen molar-refractivity contribution in [2.45, 2.75) is 19.0 Å². The van der Waals surface area contributed by atoms with E-state index in [1.54, 1.807) is 12.3 Å². The number of carbonyl (C=O) groups excluding carboxylic acids is 1. The number of carboxylic acids is 1. The van der Waals surface area contributed by atoms with Crippen LogP contribution in [0.15, 0.2) is 36.5 Å². The van der Waals surface area contributed by atoms with E-state index in [-0.39, 0.29) is 12.3 Å². The number of fused-ring (bicyclic) bond motifs is 3. The summed E-state index contributed by atoms with van der Waals surface area (Å²) in [6.07, 6.45) is 1.76. The molecular formula is C16H14N4O3. The molecule has 0 aliphatic carbocycles. The number of nitrogens with zero attached hydrogens (tertiary/aromatic N) is 2. The number of carboxylic acid groups (broad SMARTS) is 1. The number of aromatic nitrogens is 3. The van der Waals surface area contributed by atoms with E-state index in [1.807, 2.05) is 24.3 Å². The number of amides is 1. The lowest BCUT2D eigenvalue weighted by molar-refractivity contribution is -0.142. The van der Waals surface area contributed by atoms with Crippen LogP contribution in [0.4, 0.5) is 0 Å². The maximum absolute atomic E-state index is 12.6. The number of benzene rings is 1. The van der Waals surface area contributed by atoms with Gasteiger partial charge in [-0.3, -0.25) is 9.89 Å². The van der Waals surface area contributed by atoms with Crippen LogP contribution in [0.3, 0.4) is 0 Å². The molecule has 1 atom stereocenters. The third-order valence-electron chi connectivity index (χ3n) is 4.25. The second-order valence-corrected chi connectivity index (χ2v) is 5.60. The number of rotatable bonds is 4. The molecule has 0 spiro atoms. The Morgan fingerprint density at radius 3 is 2.91 bits per heavy atom. The minimum absolute atomic E-state index is 0.198. The quantitative estimate of drug-likeness (QED) is 0.680. The number of carbonyl (C=O) groups is 2.